The molecule has 1 atom stereocenters. The van der Waals surface area contributed by atoms with Gasteiger partial charge in [-0.15, -0.1) is 0 Å². The van der Waals surface area contributed by atoms with Crippen LogP contribution >= 0.6 is 11.6 Å². The number of hydrogen-bond acceptors (Lipinski definition) is 2. The molecule has 0 aliphatic rings. The third kappa shape index (κ3) is 1.81. The highest BCUT2D eigenvalue weighted by atomic mass is 35.5. The molecule has 0 radical (unpaired) electrons. The van der Waals surface area contributed by atoms with Gasteiger partial charge in [-0.25, -0.2) is 4.39 Å². The molecule has 0 saturated heterocycles. The molecule has 0 amide bonds. The molecule has 0 aliphatic heterocycles. The fraction of sp³-hybridized carbons (Fsp3) is 0.333. The molecule has 0 aliphatic carbocycles. The summed E-state index contributed by atoms with van der Waals surface area (Å²) in [5.41, 5.74) is 0.122. The van der Waals surface area contributed by atoms with E-state index in [4.69, 9.17) is 11.6 Å². The number of methoxy groups -OCH3 is 1. The second-order valence-electron chi connectivity index (χ2n) is 2.78. The molecule has 78 valence electrons. The number of ether oxygens (including phenoxy) is 1. The van der Waals surface area contributed by atoms with Gasteiger partial charge in [-0.2, -0.15) is 4.39 Å². The first kappa shape index (κ1) is 11.2. The normalized spacial score (nSPS) is 12.7. The lowest BCUT2D eigenvalue weighted by Gasteiger charge is -2.12. The van der Waals surface area contributed by atoms with E-state index < -0.39 is 17.7 Å². The summed E-state index contributed by atoms with van der Waals surface area (Å²) in [6, 6.07) is 1.14. The number of rotatable bonds is 2. The van der Waals surface area contributed by atoms with Crippen molar-refractivity contribution in [1.29, 1.82) is 0 Å². The first-order chi connectivity index (χ1) is 6.49. The molecule has 0 bridgehead atoms. The van der Waals surface area contributed by atoms with Crippen LogP contribution in [0.1, 0.15) is 18.6 Å². The minimum absolute atomic E-state index is 0.122. The monoisotopic (exact) mass is 222 g/mol. The Morgan fingerprint density at radius 1 is 1.43 bits per heavy atom. The summed E-state index contributed by atoms with van der Waals surface area (Å²) in [4.78, 5) is 0. The van der Waals surface area contributed by atoms with Gasteiger partial charge in [0.25, 0.3) is 0 Å². The van der Waals surface area contributed by atoms with E-state index in [9.17, 15) is 13.9 Å². The molecule has 5 heteroatoms. The average Bonchev–Trinajstić information content (AvgIpc) is 2.13. The van der Waals surface area contributed by atoms with Crippen molar-refractivity contribution in [2.75, 3.05) is 7.11 Å². The molecule has 1 rings (SSSR count). The zero-order valence-corrected chi connectivity index (χ0v) is 8.40. The minimum atomic E-state index is -1.18. The maximum atomic E-state index is 13.2. The van der Waals surface area contributed by atoms with Crippen molar-refractivity contribution in [3.05, 3.63) is 28.3 Å². The van der Waals surface area contributed by atoms with Crippen LogP contribution in [0.2, 0.25) is 5.02 Å². The Morgan fingerprint density at radius 2 is 2.00 bits per heavy atom. The van der Waals surface area contributed by atoms with Crippen LogP contribution in [-0.4, -0.2) is 12.2 Å². The molecule has 1 unspecified atom stereocenters. The van der Waals surface area contributed by atoms with E-state index in [-0.39, 0.29) is 16.3 Å². The highest BCUT2D eigenvalue weighted by Crippen LogP contribution is 2.33. The van der Waals surface area contributed by atoms with E-state index in [0.29, 0.717) is 0 Å². The number of aliphatic hydroxyl groups excluding tert-OH is 1. The SMILES string of the molecule is COc1c(C(C)O)cc(Cl)c(F)c1F. The van der Waals surface area contributed by atoms with Gasteiger partial charge in [-0.3, -0.25) is 0 Å². The van der Waals surface area contributed by atoms with Crippen LogP contribution in [0.5, 0.6) is 5.75 Å². The molecule has 0 fully saturated rings. The van der Waals surface area contributed by atoms with Gasteiger partial charge < -0.3 is 9.84 Å². The minimum Gasteiger partial charge on any atom is -0.493 e. The fourth-order valence-corrected chi connectivity index (χ4v) is 1.31. The molecular formula is C9H9ClF2O2. The Balaban J connectivity index is 3.43. The van der Waals surface area contributed by atoms with E-state index in [1.165, 1.54) is 14.0 Å². The predicted molar refractivity (Wildman–Crippen MR) is 48.6 cm³/mol. The predicted octanol–water partition coefficient (Wildman–Crippen LogP) is 2.68. The zero-order chi connectivity index (χ0) is 10.9. The van der Waals surface area contributed by atoms with Gasteiger partial charge in [0.1, 0.15) is 0 Å². The molecule has 14 heavy (non-hydrogen) atoms. The Hall–Kier alpha value is -0.870. The van der Waals surface area contributed by atoms with Gasteiger partial charge >= 0.3 is 0 Å². The van der Waals surface area contributed by atoms with Crippen LogP contribution in [-0.2, 0) is 0 Å². The largest absolute Gasteiger partial charge is 0.493 e. The first-order valence-corrected chi connectivity index (χ1v) is 4.26. The number of hydrogen-bond donors (Lipinski definition) is 1. The highest BCUT2D eigenvalue weighted by Gasteiger charge is 2.20. The van der Waals surface area contributed by atoms with Gasteiger partial charge in [-0.05, 0) is 13.0 Å². The average molecular weight is 223 g/mol. The molecule has 0 saturated carbocycles. The summed E-state index contributed by atoms with van der Waals surface area (Å²) in [6.07, 6.45) is -0.974. The van der Waals surface area contributed by atoms with E-state index >= 15 is 0 Å². The van der Waals surface area contributed by atoms with Gasteiger partial charge in [-0.1, -0.05) is 11.6 Å². The molecule has 0 spiro atoms. The van der Waals surface area contributed by atoms with E-state index in [1.807, 2.05) is 0 Å². The second-order valence-corrected chi connectivity index (χ2v) is 3.19. The summed E-state index contributed by atoms with van der Waals surface area (Å²) >= 11 is 5.41. The van der Waals surface area contributed by atoms with Crippen LogP contribution in [0.15, 0.2) is 6.07 Å². The smallest absolute Gasteiger partial charge is 0.202 e. The number of halogens is 3. The third-order valence-electron chi connectivity index (χ3n) is 1.80. The molecule has 1 aromatic carbocycles. The quantitative estimate of drug-likeness (QED) is 0.780. The molecule has 0 heterocycles. The van der Waals surface area contributed by atoms with Crippen molar-refractivity contribution < 1.29 is 18.6 Å². The Labute approximate surface area is 85.1 Å². The Bertz CT molecular complexity index is 353. The van der Waals surface area contributed by atoms with E-state index in [2.05, 4.69) is 4.74 Å². The van der Waals surface area contributed by atoms with E-state index in [0.717, 1.165) is 6.07 Å². The summed E-state index contributed by atoms with van der Waals surface area (Å²) in [6.45, 7) is 1.41. The van der Waals surface area contributed by atoms with Crippen LogP contribution in [0.4, 0.5) is 8.78 Å². The van der Waals surface area contributed by atoms with Gasteiger partial charge in [0, 0.05) is 5.56 Å². The maximum Gasteiger partial charge on any atom is 0.202 e. The summed E-state index contributed by atoms with van der Waals surface area (Å²) in [7, 11) is 1.19. The lowest BCUT2D eigenvalue weighted by molar-refractivity contribution is 0.192. The number of aliphatic hydroxyl groups is 1. The second kappa shape index (κ2) is 4.11. The van der Waals surface area contributed by atoms with Crippen molar-refractivity contribution in [2.45, 2.75) is 13.0 Å². The standard InChI is InChI=1S/C9H9ClF2O2/c1-4(13)5-3-6(10)7(11)8(12)9(5)14-2/h3-4,13H,1-2H3. The van der Waals surface area contributed by atoms with Crippen LogP contribution in [0.25, 0.3) is 0 Å². The van der Waals surface area contributed by atoms with Gasteiger partial charge in [0.05, 0.1) is 18.2 Å². The molecule has 0 aromatic heterocycles. The molecular weight excluding hydrogens is 214 g/mol. The molecule has 1 N–H and O–H groups in total. The number of benzene rings is 1. The molecule has 1 aromatic rings. The van der Waals surface area contributed by atoms with Crippen molar-refractivity contribution in [2.24, 2.45) is 0 Å². The lowest BCUT2D eigenvalue weighted by atomic mass is 10.1. The molecule has 2 nitrogen and oxygen atoms in total. The highest BCUT2D eigenvalue weighted by molar-refractivity contribution is 6.30. The first-order valence-electron chi connectivity index (χ1n) is 3.88. The summed E-state index contributed by atoms with van der Waals surface area (Å²) in [5, 5.41) is 8.87. The van der Waals surface area contributed by atoms with Crippen LogP contribution < -0.4 is 4.74 Å². The lowest BCUT2D eigenvalue weighted by Crippen LogP contribution is -2.02. The maximum absolute atomic E-state index is 13.2. The third-order valence-corrected chi connectivity index (χ3v) is 2.08. The topological polar surface area (TPSA) is 29.5 Å². The summed E-state index contributed by atoms with van der Waals surface area (Å²) in [5.74, 6) is -2.68. The van der Waals surface area contributed by atoms with Crippen molar-refractivity contribution in [3.8, 4) is 5.75 Å². The van der Waals surface area contributed by atoms with Crippen molar-refractivity contribution in [3.63, 3.8) is 0 Å². The Morgan fingerprint density at radius 3 is 2.43 bits per heavy atom. The fourth-order valence-electron chi connectivity index (χ4n) is 1.11. The Kier molecular flexibility index (Phi) is 3.29. The van der Waals surface area contributed by atoms with Crippen molar-refractivity contribution in [1.82, 2.24) is 0 Å². The van der Waals surface area contributed by atoms with Crippen molar-refractivity contribution >= 4 is 11.6 Å². The van der Waals surface area contributed by atoms with Crippen LogP contribution in [0.3, 0.4) is 0 Å². The van der Waals surface area contributed by atoms with Crippen LogP contribution in [0, 0.1) is 11.6 Å². The van der Waals surface area contributed by atoms with E-state index in [1.54, 1.807) is 0 Å². The van der Waals surface area contributed by atoms with Gasteiger partial charge in [0.2, 0.25) is 5.82 Å². The summed E-state index contributed by atoms with van der Waals surface area (Å²) < 4.78 is 30.8. The van der Waals surface area contributed by atoms with Gasteiger partial charge in [0.15, 0.2) is 11.6 Å². The zero-order valence-electron chi connectivity index (χ0n) is 7.64.